The molecule has 0 radical (unpaired) electrons. The lowest BCUT2D eigenvalue weighted by atomic mass is 9.96. The summed E-state index contributed by atoms with van der Waals surface area (Å²) in [4.78, 5) is 20.0. The second-order valence-electron chi connectivity index (χ2n) is 5.53. The SMILES string of the molecule is Cc1nc([C@@H]2CCCN(C(=O)[C@H](C)c3cccs3)C2)no1. The van der Waals surface area contributed by atoms with Crippen molar-refractivity contribution in [3.8, 4) is 0 Å². The van der Waals surface area contributed by atoms with E-state index in [-0.39, 0.29) is 17.7 Å². The summed E-state index contributed by atoms with van der Waals surface area (Å²) in [7, 11) is 0. The molecule has 0 aromatic carbocycles. The number of likely N-dealkylation sites (tertiary alicyclic amines) is 1. The van der Waals surface area contributed by atoms with Crippen molar-refractivity contribution in [1.82, 2.24) is 15.0 Å². The maximum Gasteiger partial charge on any atom is 0.230 e. The van der Waals surface area contributed by atoms with Gasteiger partial charge in [0.25, 0.3) is 0 Å². The van der Waals surface area contributed by atoms with Crippen molar-refractivity contribution in [3.05, 3.63) is 34.1 Å². The topological polar surface area (TPSA) is 59.2 Å². The molecule has 1 amide bonds. The summed E-state index contributed by atoms with van der Waals surface area (Å²) in [5, 5.41) is 6.02. The molecule has 0 bridgehead atoms. The largest absolute Gasteiger partial charge is 0.341 e. The van der Waals surface area contributed by atoms with Crippen molar-refractivity contribution in [2.75, 3.05) is 13.1 Å². The summed E-state index contributed by atoms with van der Waals surface area (Å²) in [6.45, 7) is 5.28. The fraction of sp³-hybridized carbons (Fsp3) is 0.533. The van der Waals surface area contributed by atoms with Gasteiger partial charge in [-0.25, -0.2) is 0 Å². The standard InChI is InChI=1S/C15H19N3O2S/c1-10(13-6-4-8-21-13)15(19)18-7-3-5-12(9-18)14-16-11(2)20-17-14/h4,6,8,10,12H,3,5,7,9H2,1-2H3/t10-,12-/m1/s1. The average Bonchev–Trinajstić information content (AvgIpc) is 3.17. The highest BCUT2D eigenvalue weighted by Crippen LogP contribution is 2.29. The number of carbonyl (C=O) groups excluding carboxylic acids is 1. The summed E-state index contributed by atoms with van der Waals surface area (Å²) >= 11 is 1.64. The van der Waals surface area contributed by atoms with Crippen molar-refractivity contribution in [3.63, 3.8) is 0 Å². The van der Waals surface area contributed by atoms with E-state index in [1.165, 1.54) is 0 Å². The smallest absolute Gasteiger partial charge is 0.230 e. The van der Waals surface area contributed by atoms with Crippen LogP contribution >= 0.6 is 11.3 Å². The van der Waals surface area contributed by atoms with E-state index in [0.29, 0.717) is 12.4 Å². The molecule has 6 heteroatoms. The monoisotopic (exact) mass is 305 g/mol. The Balaban J connectivity index is 1.69. The number of nitrogens with zero attached hydrogens (tertiary/aromatic N) is 3. The summed E-state index contributed by atoms with van der Waals surface area (Å²) in [5.41, 5.74) is 0. The van der Waals surface area contributed by atoms with Crippen LogP contribution in [0, 0.1) is 6.92 Å². The lowest BCUT2D eigenvalue weighted by molar-refractivity contribution is -0.133. The van der Waals surface area contributed by atoms with Crippen LogP contribution in [0.3, 0.4) is 0 Å². The van der Waals surface area contributed by atoms with E-state index in [2.05, 4.69) is 10.1 Å². The van der Waals surface area contributed by atoms with E-state index >= 15 is 0 Å². The third-order valence-electron chi connectivity index (χ3n) is 3.98. The number of aryl methyl sites for hydroxylation is 1. The molecular formula is C15H19N3O2S. The highest BCUT2D eigenvalue weighted by molar-refractivity contribution is 7.10. The van der Waals surface area contributed by atoms with Crippen LogP contribution in [0.2, 0.25) is 0 Å². The van der Waals surface area contributed by atoms with Crippen LogP contribution < -0.4 is 0 Å². The van der Waals surface area contributed by atoms with Gasteiger partial charge in [-0.1, -0.05) is 11.2 Å². The van der Waals surface area contributed by atoms with Crippen LogP contribution in [-0.2, 0) is 4.79 Å². The molecule has 2 aromatic rings. The van der Waals surface area contributed by atoms with Gasteiger partial charge in [-0.3, -0.25) is 4.79 Å². The minimum absolute atomic E-state index is 0.0734. The van der Waals surface area contributed by atoms with Crippen molar-refractivity contribution < 1.29 is 9.32 Å². The number of piperidine rings is 1. The molecule has 0 N–H and O–H groups in total. The van der Waals surface area contributed by atoms with Crippen molar-refractivity contribution in [2.24, 2.45) is 0 Å². The Morgan fingerprint density at radius 3 is 3.10 bits per heavy atom. The Morgan fingerprint density at radius 1 is 1.57 bits per heavy atom. The van der Waals surface area contributed by atoms with Crippen molar-refractivity contribution in [1.29, 1.82) is 0 Å². The summed E-state index contributed by atoms with van der Waals surface area (Å²) < 4.78 is 5.06. The number of aromatic nitrogens is 2. The highest BCUT2D eigenvalue weighted by Gasteiger charge is 2.30. The summed E-state index contributed by atoms with van der Waals surface area (Å²) in [5.74, 6) is 1.63. The van der Waals surface area contributed by atoms with E-state index in [4.69, 9.17) is 4.52 Å². The Hall–Kier alpha value is -1.69. The van der Waals surface area contributed by atoms with Gasteiger partial charge < -0.3 is 9.42 Å². The molecule has 21 heavy (non-hydrogen) atoms. The molecule has 112 valence electrons. The van der Waals surface area contributed by atoms with Gasteiger partial charge in [0.1, 0.15) is 0 Å². The zero-order valence-electron chi connectivity index (χ0n) is 12.3. The van der Waals surface area contributed by atoms with Crippen LogP contribution in [0.4, 0.5) is 0 Å². The normalized spacial score (nSPS) is 20.5. The maximum atomic E-state index is 12.6. The van der Waals surface area contributed by atoms with E-state index in [0.717, 1.165) is 30.1 Å². The van der Waals surface area contributed by atoms with Crippen molar-refractivity contribution >= 4 is 17.2 Å². The summed E-state index contributed by atoms with van der Waals surface area (Å²) in [6.07, 6.45) is 2.00. The minimum Gasteiger partial charge on any atom is -0.341 e. The van der Waals surface area contributed by atoms with Gasteiger partial charge in [-0.15, -0.1) is 11.3 Å². The first-order chi connectivity index (χ1) is 10.1. The van der Waals surface area contributed by atoms with E-state index in [9.17, 15) is 4.79 Å². The Bertz CT molecular complexity index is 608. The molecule has 3 rings (SSSR count). The Morgan fingerprint density at radius 2 is 2.43 bits per heavy atom. The number of hydrogen-bond donors (Lipinski definition) is 0. The van der Waals surface area contributed by atoms with Gasteiger partial charge in [0.15, 0.2) is 5.82 Å². The number of rotatable bonds is 3. The molecule has 0 spiro atoms. The van der Waals surface area contributed by atoms with E-state index in [1.54, 1.807) is 18.3 Å². The van der Waals surface area contributed by atoms with Gasteiger partial charge in [0, 0.05) is 30.8 Å². The fourth-order valence-corrected chi connectivity index (χ4v) is 3.58. The maximum absolute atomic E-state index is 12.6. The molecule has 2 aromatic heterocycles. The quantitative estimate of drug-likeness (QED) is 0.875. The van der Waals surface area contributed by atoms with Gasteiger partial charge >= 0.3 is 0 Å². The van der Waals surface area contributed by atoms with Gasteiger partial charge in [0.05, 0.1) is 5.92 Å². The number of amides is 1. The van der Waals surface area contributed by atoms with E-state index < -0.39 is 0 Å². The molecular weight excluding hydrogens is 286 g/mol. The zero-order valence-corrected chi connectivity index (χ0v) is 13.1. The van der Waals surface area contributed by atoms with Crippen LogP contribution in [0.5, 0.6) is 0 Å². The highest BCUT2D eigenvalue weighted by atomic mass is 32.1. The van der Waals surface area contributed by atoms with Crippen LogP contribution in [-0.4, -0.2) is 34.0 Å². The van der Waals surface area contributed by atoms with Gasteiger partial charge in [-0.2, -0.15) is 4.98 Å². The molecule has 2 atom stereocenters. The molecule has 1 saturated heterocycles. The average molecular weight is 305 g/mol. The minimum atomic E-state index is -0.0734. The first-order valence-corrected chi connectivity index (χ1v) is 8.15. The molecule has 1 fully saturated rings. The lowest BCUT2D eigenvalue weighted by Gasteiger charge is -2.33. The first kappa shape index (κ1) is 14.3. The predicted octanol–water partition coefficient (Wildman–Crippen LogP) is 2.95. The Labute approximate surface area is 128 Å². The predicted molar refractivity (Wildman–Crippen MR) is 80.3 cm³/mol. The van der Waals surface area contributed by atoms with Crippen molar-refractivity contribution in [2.45, 2.75) is 38.5 Å². The van der Waals surface area contributed by atoms with Crippen LogP contribution in [0.1, 0.15) is 48.2 Å². The molecule has 0 saturated carbocycles. The Kier molecular flexibility index (Phi) is 4.05. The first-order valence-electron chi connectivity index (χ1n) is 7.27. The molecule has 0 unspecified atom stereocenters. The van der Waals surface area contributed by atoms with E-state index in [1.807, 2.05) is 29.3 Å². The van der Waals surface area contributed by atoms with Gasteiger partial charge in [-0.05, 0) is 31.2 Å². The molecule has 1 aliphatic rings. The second kappa shape index (κ2) is 5.97. The molecule has 3 heterocycles. The third kappa shape index (κ3) is 3.00. The summed E-state index contributed by atoms with van der Waals surface area (Å²) in [6, 6.07) is 4.02. The van der Waals surface area contributed by atoms with Crippen LogP contribution in [0.15, 0.2) is 22.0 Å². The number of thiophene rings is 1. The lowest BCUT2D eigenvalue weighted by Crippen LogP contribution is -2.41. The van der Waals surface area contributed by atoms with Gasteiger partial charge in [0.2, 0.25) is 11.8 Å². The number of carbonyl (C=O) groups is 1. The van der Waals surface area contributed by atoms with Crippen LogP contribution in [0.25, 0.3) is 0 Å². The zero-order chi connectivity index (χ0) is 14.8. The fourth-order valence-electron chi connectivity index (χ4n) is 2.80. The number of hydrogen-bond acceptors (Lipinski definition) is 5. The molecule has 5 nitrogen and oxygen atoms in total. The second-order valence-corrected chi connectivity index (χ2v) is 6.51. The molecule has 1 aliphatic heterocycles. The third-order valence-corrected chi connectivity index (χ3v) is 5.04. The molecule has 0 aliphatic carbocycles.